The van der Waals surface area contributed by atoms with Crippen molar-refractivity contribution in [3.8, 4) is 0 Å². The number of fused-ring (bicyclic) bond motifs is 2. The summed E-state index contributed by atoms with van der Waals surface area (Å²) in [4.78, 5) is 12.8. The molecule has 25 heavy (non-hydrogen) atoms. The molecule has 0 heterocycles. The van der Waals surface area contributed by atoms with Gasteiger partial charge in [-0.2, -0.15) is 0 Å². The number of halogens is 1. The van der Waals surface area contributed by atoms with Gasteiger partial charge in [-0.25, -0.2) is 8.42 Å². The zero-order valence-electron chi connectivity index (χ0n) is 14.3. The van der Waals surface area contributed by atoms with Crippen molar-refractivity contribution >= 4 is 34.0 Å². The van der Waals surface area contributed by atoms with E-state index in [0.29, 0.717) is 23.1 Å². The Morgan fingerprint density at radius 3 is 2.36 bits per heavy atom. The molecule has 8 heteroatoms. The molecule has 1 aromatic rings. The Bertz CT molecular complexity index is 712. The van der Waals surface area contributed by atoms with Crippen molar-refractivity contribution in [3.05, 3.63) is 29.8 Å². The van der Waals surface area contributed by atoms with Crippen LogP contribution in [0, 0.1) is 11.8 Å². The maximum absolute atomic E-state index is 12.8. The monoisotopic (exact) mass is 387 g/mol. The lowest BCUT2D eigenvalue weighted by Gasteiger charge is -2.45. The van der Waals surface area contributed by atoms with Crippen molar-refractivity contribution in [1.29, 1.82) is 0 Å². The zero-order chi connectivity index (χ0) is 17.3. The summed E-state index contributed by atoms with van der Waals surface area (Å²) < 4.78 is 25.4. The van der Waals surface area contributed by atoms with Crippen LogP contribution in [0.15, 0.2) is 24.3 Å². The van der Waals surface area contributed by atoms with Crippen molar-refractivity contribution in [2.24, 2.45) is 17.6 Å². The molecule has 140 valence electrons. The third kappa shape index (κ3) is 4.86. The number of amides is 1. The lowest BCUT2D eigenvalue weighted by Crippen LogP contribution is -2.53. The predicted molar refractivity (Wildman–Crippen MR) is 101 cm³/mol. The third-order valence-corrected chi connectivity index (χ3v) is 5.73. The van der Waals surface area contributed by atoms with Gasteiger partial charge in [-0.3, -0.25) is 9.52 Å². The Labute approximate surface area is 155 Å². The fourth-order valence-electron chi connectivity index (χ4n) is 4.22. The number of nitrogens with one attached hydrogen (secondary N) is 2. The Morgan fingerprint density at radius 1 is 1.16 bits per heavy atom. The highest BCUT2D eigenvalue weighted by Crippen LogP contribution is 2.39. The van der Waals surface area contributed by atoms with Crippen LogP contribution in [-0.4, -0.2) is 32.7 Å². The first-order chi connectivity index (χ1) is 11.3. The molecule has 2 bridgehead atoms. The van der Waals surface area contributed by atoms with E-state index in [2.05, 4.69) is 10.0 Å². The van der Waals surface area contributed by atoms with Crippen molar-refractivity contribution in [1.82, 2.24) is 5.32 Å². The predicted octanol–water partition coefficient (Wildman–Crippen LogP) is 2.12. The highest BCUT2D eigenvalue weighted by Gasteiger charge is 2.40. The van der Waals surface area contributed by atoms with Crippen molar-refractivity contribution in [2.45, 2.75) is 44.2 Å². The van der Waals surface area contributed by atoms with Crippen molar-refractivity contribution in [3.63, 3.8) is 0 Å². The zero-order valence-corrected chi connectivity index (χ0v) is 15.9. The van der Waals surface area contributed by atoms with Crippen LogP contribution in [-0.2, 0) is 10.0 Å². The van der Waals surface area contributed by atoms with Gasteiger partial charge in [0.1, 0.15) is 0 Å². The van der Waals surface area contributed by atoms with E-state index in [1.807, 2.05) is 0 Å². The fraction of sp³-hybridized carbons (Fsp3) is 0.588. The summed E-state index contributed by atoms with van der Waals surface area (Å²) in [6, 6.07) is 7.06. The molecule has 0 saturated heterocycles. The highest BCUT2D eigenvalue weighted by molar-refractivity contribution is 7.92. The summed E-state index contributed by atoms with van der Waals surface area (Å²) >= 11 is 0. The molecule has 1 aromatic carbocycles. The van der Waals surface area contributed by atoms with Crippen LogP contribution in [0.4, 0.5) is 5.69 Å². The molecule has 0 radical (unpaired) electrons. The van der Waals surface area contributed by atoms with Gasteiger partial charge in [0, 0.05) is 12.1 Å². The Kier molecular flexibility index (Phi) is 6.35. The first kappa shape index (κ1) is 20.0. The fourth-order valence-corrected chi connectivity index (χ4v) is 4.80. The second kappa shape index (κ2) is 7.93. The molecule has 2 atom stereocenters. The maximum atomic E-state index is 12.8. The second-order valence-electron chi connectivity index (χ2n) is 7.10. The molecule has 0 aromatic heterocycles. The Morgan fingerprint density at radius 2 is 1.76 bits per heavy atom. The van der Waals surface area contributed by atoms with E-state index in [9.17, 15) is 13.2 Å². The molecule has 6 nitrogen and oxygen atoms in total. The highest BCUT2D eigenvalue weighted by atomic mass is 35.5. The van der Waals surface area contributed by atoms with Gasteiger partial charge in [0.15, 0.2) is 0 Å². The van der Waals surface area contributed by atoms with E-state index in [-0.39, 0.29) is 30.4 Å². The number of para-hydroxylation sites is 1. The summed E-state index contributed by atoms with van der Waals surface area (Å²) in [6.07, 6.45) is 6.36. The molecule has 2 unspecified atom stereocenters. The van der Waals surface area contributed by atoms with E-state index in [4.69, 9.17) is 5.73 Å². The van der Waals surface area contributed by atoms with Gasteiger partial charge in [-0.05, 0) is 49.7 Å². The third-order valence-electron chi connectivity index (χ3n) is 5.14. The molecule has 1 amide bonds. The van der Waals surface area contributed by atoms with Crippen LogP contribution in [0.5, 0.6) is 0 Å². The summed E-state index contributed by atoms with van der Waals surface area (Å²) in [7, 11) is -3.44. The molecule has 2 saturated carbocycles. The van der Waals surface area contributed by atoms with Crippen LogP contribution in [0.2, 0.25) is 0 Å². The number of sulfonamides is 1. The number of hydrogen-bond acceptors (Lipinski definition) is 4. The summed E-state index contributed by atoms with van der Waals surface area (Å²) in [6.45, 7) is 0. The smallest absolute Gasteiger partial charge is 0.253 e. The van der Waals surface area contributed by atoms with Crippen molar-refractivity contribution in [2.75, 3.05) is 11.0 Å². The average Bonchev–Trinajstić information content (AvgIpc) is 2.47. The quantitative estimate of drug-likeness (QED) is 0.736. The van der Waals surface area contributed by atoms with Gasteiger partial charge in [0.2, 0.25) is 10.0 Å². The van der Waals surface area contributed by atoms with E-state index in [1.54, 1.807) is 24.3 Å². The molecule has 4 N–H and O–H groups in total. The number of anilines is 1. The van der Waals surface area contributed by atoms with Crippen LogP contribution in [0.1, 0.15) is 42.5 Å². The van der Waals surface area contributed by atoms with Crippen LogP contribution < -0.4 is 15.8 Å². The molecule has 0 spiro atoms. The molecule has 2 fully saturated rings. The number of hydrogen-bond donors (Lipinski definition) is 3. The average molecular weight is 388 g/mol. The van der Waals surface area contributed by atoms with Gasteiger partial charge in [-0.15, -0.1) is 12.4 Å². The molecular formula is C17H26ClN3O3S. The maximum Gasteiger partial charge on any atom is 0.253 e. The van der Waals surface area contributed by atoms with E-state index >= 15 is 0 Å². The van der Waals surface area contributed by atoms with Crippen LogP contribution >= 0.6 is 12.4 Å². The summed E-state index contributed by atoms with van der Waals surface area (Å²) in [5.74, 6) is 0.622. The summed E-state index contributed by atoms with van der Waals surface area (Å²) in [5.41, 5.74) is 6.81. The lowest BCUT2D eigenvalue weighted by molar-refractivity contribution is 0.0757. The van der Waals surface area contributed by atoms with Gasteiger partial charge >= 0.3 is 0 Å². The number of carbonyl (C=O) groups is 1. The van der Waals surface area contributed by atoms with E-state index in [0.717, 1.165) is 31.9 Å². The van der Waals surface area contributed by atoms with Crippen LogP contribution in [0.3, 0.4) is 0 Å². The van der Waals surface area contributed by atoms with E-state index in [1.165, 1.54) is 6.42 Å². The minimum Gasteiger partial charge on any atom is -0.349 e. The van der Waals surface area contributed by atoms with E-state index < -0.39 is 10.0 Å². The molecule has 2 aliphatic rings. The number of carbonyl (C=O) groups excluding carboxylic acids is 1. The normalized spacial score (nSPS) is 28.6. The molecule has 2 aliphatic carbocycles. The number of rotatable bonds is 4. The van der Waals surface area contributed by atoms with Gasteiger partial charge < -0.3 is 11.1 Å². The lowest BCUT2D eigenvalue weighted by atomic mass is 9.67. The number of benzene rings is 1. The largest absolute Gasteiger partial charge is 0.349 e. The number of nitrogens with two attached hydrogens (primary N) is 1. The Balaban J connectivity index is 0.00000225. The standard InChI is InChI=1S/C17H25N3O3S.ClH/c1-24(22,23)20-15-8-3-2-7-14(15)17(21)19-16-11-5-4-6-12(16)10-13(18)9-11;/h2-3,7-8,11-13,16,20H,4-6,9-10,18H2,1H3,(H,19,21);1H. The summed E-state index contributed by atoms with van der Waals surface area (Å²) in [5, 5.41) is 3.15. The SMILES string of the molecule is CS(=O)(=O)Nc1ccccc1C(=O)NC1C2CCCC1CC(N)C2.Cl. The molecule has 3 rings (SSSR count). The first-order valence-corrected chi connectivity index (χ1v) is 10.4. The van der Waals surface area contributed by atoms with Crippen molar-refractivity contribution < 1.29 is 13.2 Å². The molecule has 0 aliphatic heterocycles. The topological polar surface area (TPSA) is 101 Å². The van der Waals surface area contributed by atoms with Crippen LogP contribution in [0.25, 0.3) is 0 Å². The van der Waals surface area contributed by atoms with Gasteiger partial charge in [0.05, 0.1) is 17.5 Å². The molecular weight excluding hydrogens is 362 g/mol. The van der Waals surface area contributed by atoms with Gasteiger partial charge in [-0.1, -0.05) is 18.6 Å². The Hall–Kier alpha value is -1.31. The second-order valence-corrected chi connectivity index (χ2v) is 8.85. The van der Waals surface area contributed by atoms with Gasteiger partial charge in [0.25, 0.3) is 5.91 Å². The minimum atomic E-state index is -3.44. The minimum absolute atomic E-state index is 0. The first-order valence-electron chi connectivity index (χ1n) is 8.47.